The highest BCUT2D eigenvalue weighted by Crippen LogP contribution is 2.60. The first-order valence-electron chi connectivity index (χ1n) is 9.07. The van der Waals surface area contributed by atoms with Gasteiger partial charge in [0.25, 0.3) is 0 Å². The van der Waals surface area contributed by atoms with Crippen LogP contribution in [-0.4, -0.2) is 22.6 Å². The minimum Gasteiger partial charge on any atom is -0.345 e. The first-order valence-corrected chi connectivity index (χ1v) is 9.07. The van der Waals surface area contributed by atoms with Crippen LogP contribution in [0.1, 0.15) is 62.9 Å². The topological polar surface area (TPSA) is 40.7 Å². The molecular weight excluding hydrogens is 258 g/mol. The van der Waals surface area contributed by atoms with Crippen molar-refractivity contribution >= 4 is 0 Å². The Morgan fingerprint density at radius 2 is 1.76 bits per heavy atom. The van der Waals surface area contributed by atoms with E-state index < -0.39 is 0 Å². The molecule has 0 radical (unpaired) electrons. The van der Waals surface area contributed by atoms with Crippen molar-refractivity contribution in [2.24, 2.45) is 17.8 Å². The maximum Gasteiger partial charge on any atom is 0.107 e. The van der Waals surface area contributed by atoms with Crippen LogP contribution >= 0.6 is 0 Å². The molecule has 0 spiro atoms. The summed E-state index contributed by atoms with van der Waals surface area (Å²) in [5.74, 6) is 4.24. The third-order valence-corrected chi connectivity index (χ3v) is 6.61. The second kappa shape index (κ2) is 4.58. The molecule has 114 valence electrons. The Labute approximate surface area is 127 Å². The molecule has 1 aromatic rings. The molecule has 2 N–H and O–H groups in total. The van der Waals surface area contributed by atoms with Gasteiger partial charge in [-0.25, -0.2) is 4.98 Å². The van der Waals surface area contributed by atoms with Crippen molar-refractivity contribution in [2.75, 3.05) is 6.54 Å². The lowest BCUT2D eigenvalue weighted by molar-refractivity contribution is -0.00706. The van der Waals surface area contributed by atoms with E-state index in [4.69, 9.17) is 4.98 Å². The Morgan fingerprint density at radius 1 is 1.10 bits per heavy atom. The Hall–Kier alpha value is -0.830. The van der Waals surface area contributed by atoms with Gasteiger partial charge in [0, 0.05) is 36.3 Å². The minimum absolute atomic E-state index is 0.476. The average molecular weight is 285 g/mol. The SMILES string of the molecule is c1nc(CCNC2CC2)[nH]c1C12CC3CC(CC(C3)C1)C2. The zero-order chi connectivity index (χ0) is 13.9. The van der Waals surface area contributed by atoms with Crippen molar-refractivity contribution in [2.45, 2.75) is 69.2 Å². The van der Waals surface area contributed by atoms with Crippen LogP contribution in [-0.2, 0) is 11.8 Å². The second-order valence-corrected chi connectivity index (χ2v) is 8.42. The highest BCUT2D eigenvalue weighted by Gasteiger charge is 2.52. The van der Waals surface area contributed by atoms with Crippen LogP contribution < -0.4 is 5.32 Å². The highest BCUT2D eigenvalue weighted by molar-refractivity contribution is 5.22. The molecule has 5 aliphatic rings. The summed E-state index contributed by atoms with van der Waals surface area (Å²) in [4.78, 5) is 8.41. The number of nitrogens with zero attached hydrogens (tertiary/aromatic N) is 1. The Morgan fingerprint density at radius 3 is 2.38 bits per heavy atom. The van der Waals surface area contributed by atoms with E-state index in [0.717, 1.165) is 36.8 Å². The molecule has 5 fully saturated rings. The fraction of sp³-hybridized carbons (Fsp3) is 0.833. The summed E-state index contributed by atoms with van der Waals surface area (Å²) >= 11 is 0. The normalized spacial score (nSPS) is 40.9. The minimum atomic E-state index is 0.476. The molecule has 0 aliphatic heterocycles. The molecule has 3 nitrogen and oxygen atoms in total. The first-order chi connectivity index (χ1) is 10.3. The van der Waals surface area contributed by atoms with Gasteiger partial charge in [-0.3, -0.25) is 0 Å². The third-order valence-electron chi connectivity index (χ3n) is 6.61. The van der Waals surface area contributed by atoms with Crippen LogP contribution in [0, 0.1) is 17.8 Å². The predicted molar refractivity (Wildman–Crippen MR) is 83.2 cm³/mol. The van der Waals surface area contributed by atoms with Gasteiger partial charge < -0.3 is 10.3 Å². The second-order valence-electron chi connectivity index (χ2n) is 8.42. The maximum atomic E-state index is 4.70. The Bertz CT molecular complexity index is 493. The van der Waals surface area contributed by atoms with Crippen LogP contribution in [0.25, 0.3) is 0 Å². The molecule has 3 heteroatoms. The average Bonchev–Trinajstić information content (AvgIpc) is 3.12. The van der Waals surface area contributed by atoms with Crippen molar-refractivity contribution in [1.29, 1.82) is 0 Å². The Kier molecular flexibility index (Phi) is 2.77. The van der Waals surface area contributed by atoms with Gasteiger partial charge in [0.15, 0.2) is 0 Å². The molecule has 1 heterocycles. The van der Waals surface area contributed by atoms with Crippen molar-refractivity contribution in [3.63, 3.8) is 0 Å². The summed E-state index contributed by atoms with van der Waals surface area (Å²) < 4.78 is 0. The van der Waals surface area contributed by atoms with Crippen molar-refractivity contribution in [3.8, 4) is 0 Å². The van der Waals surface area contributed by atoms with Gasteiger partial charge in [0.05, 0.1) is 0 Å². The molecule has 21 heavy (non-hydrogen) atoms. The molecule has 5 saturated carbocycles. The van der Waals surface area contributed by atoms with Crippen molar-refractivity contribution < 1.29 is 0 Å². The van der Waals surface area contributed by atoms with E-state index in [0.29, 0.717) is 5.41 Å². The number of aromatic amines is 1. The fourth-order valence-electron chi connectivity index (χ4n) is 5.88. The fourth-order valence-corrected chi connectivity index (χ4v) is 5.88. The van der Waals surface area contributed by atoms with E-state index in [-0.39, 0.29) is 0 Å². The lowest BCUT2D eigenvalue weighted by Gasteiger charge is -2.56. The molecular formula is C18H27N3. The molecule has 0 amide bonds. The van der Waals surface area contributed by atoms with Gasteiger partial charge in [0.2, 0.25) is 0 Å². The van der Waals surface area contributed by atoms with Gasteiger partial charge in [-0.2, -0.15) is 0 Å². The molecule has 4 bridgehead atoms. The number of nitrogens with one attached hydrogen (secondary N) is 2. The van der Waals surface area contributed by atoms with Crippen LogP contribution in [0.5, 0.6) is 0 Å². The molecule has 6 rings (SSSR count). The zero-order valence-electron chi connectivity index (χ0n) is 12.9. The summed E-state index contributed by atoms with van der Waals surface area (Å²) in [7, 11) is 0. The molecule has 5 aliphatic carbocycles. The summed E-state index contributed by atoms with van der Waals surface area (Å²) in [5, 5.41) is 3.59. The van der Waals surface area contributed by atoms with Gasteiger partial charge in [-0.05, 0) is 69.1 Å². The molecule has 0 saturated heterocycles. The number of rotatable bonds is 5. The van der Waals surface area contributed by atoms with Crippen LogP contribution in [0.2, 0.25) is 0 Å². The van der Waals surface area contributed by atoms with Gasteiger partial charge in [-0.15, -0.1) is 0 Å². The quantitative estimate of drug-likeness (QED) is 0.872. The van der Waals surface area contributed by atoms with Crippen molar-refractivity contribution in [1.82, 2.24) is 15.3 Å². The number of imidazole rings is 1. The van der Waals surface area contributed by atoms with E-state index in [1.54, 1.807) is 0 Å². The number of aromatic nitrogens is 2. The monoisotopic (exact) mass is 285 g/mol. The molecule has 0 unspecified atom stereocenters. The van der Waals surface area contributed by atoms with Crippen LogP contribution in [0.15, 0.2) is 6.20 Å². The lowest BCUT2D eigenvalue weighted by atomic mass is 9.49. The maximum absolute atomic E-state index is 4.70. The summed E-state index contributed by atoms with van der Waals surface area (Å²) in [5.41, 5.74) is 1.95. The molecule has 1 aromatic heterocycles. The molecule has 0 aromatic carbocycles. The van der Waals surface area contributed by atoms with Crippen LogP contribution in [0.3, 0.4) is 0 Å². The smallest absolute Gasteiger partial charge is 0.107 e. The summed E-state index contributed by atoms with van der Waals surface area (Å²) in [6.45, 7) is 1.08. The zero-order valence-corrected chi connectivity index (χ0v) is 12.9. The largest absolute Gasteiger partial charge is 0.345 e. The van der Waals surface area contributed by atoms with E-state index >= 15 is 0 Å². The summed E-state index contributed by atoms with van der Waals surface area (Å²) in [6, 6.07) is 0.808. The number of hydrogen-bond acceptors (Lipinski definition) is 2. The number of H-pyrrole nitrogens is 1. The number of hydrogen-bond donors (Lipinski definition) is 2. The van der Waals surface area contributed by atoms with E-state index in [1.807, 2.05) is 0 Å². The predicted octanol–water partition coefficient (Wildman–Crippen LogP) is 3.17. The Balaban J connectivity index is 1.31. The lowest BCUT2D eigenvalue weighted by Crippen LogP contribution is -2.48. The van der Waals surface area contributed by atoms with Gasteiger partial charge in [0.1, 0.15) is 5.82 Å². The first kappa shape index (κ1) is 12.7. The standard InChI is InChI=1S/C18H27N3/c1-2-15(1)19-4-3-17-20-11-16(21-17)18-8-12-5-13(9-18)7-14(6-12)10-18/h11-15,19H,1-10H2,(H,20,21). The highest BCUT2D eigenvalue weighted by atomic mass is 15.0. The van der Waals surface area contributed by atoms with Gasteiger partial charge in [-0.1, -0.05) is 0 Å². The van der Waals surface area contributed by atoms with Crippen molar-refractivity contribution in [3.05, 3.63) is 17.7 Å². The van der Waals surface area contributed by atoms with E-state index in [2.05, 4.69) is 16.5 Å². The van der Waals surface area contributed by atoms with E-state index in [1.165, 1.54) is 62.9 Å². The van der Waals surface area contributed by atoms with Gasteiger partial charge >= 0.3 is 0 Å². The molecule has 0 atom stereocenters. The van der Waals surface area contributed by atoms with E-state index in [9.17, 15) is 0 Å². The third kappa shape index (κ3) is 2.25. The summed E-state index contributed by atoms with van der Waals surface area (Å²) in [6.07, 6.45) is 14.8. The van der Waals surface area contributed by atoms with Crippen LogP contribution in [0.4, 0.5) is 0 Å².